The minimum absolute atomic E-state index is 0.0121. The highest BCUT2D eigenvalue weighted by Crippen LogP contribution is 2.41. The predicted molar refractivity (Wildman–Crippen MR) is 101 cm³/mol. The zero-order valence-electron chi connectivity index (χ0n) is 15.7. The molecule has 0 radical (unpaired) electrons. The molecule has 12 heteroatoms. The number of alkyl halides is 3. The minimum atomic E-state index is -4.71. The summed E-state index contributed by atoms with van der Waals surface area (Å²) in [5.74, 6) is -1.46. The molecule has 30 heavy (non-hydrogen) atoms. The van der Waals surface area contributed by atoms with E-state index in [4.69, 9.17) is 17.3 Å². The van der Waals surface area contributed by atoms with Gasteiger partial charge in [-0.1, -0.05) is 11.6 Å². The van der Waals surface area contributed by atoms with Gasteiger partial charge in [-0.05, 0) is 32.0 Å². The number of anilines is 1. The van der Waals surface area contributed by atoms with Crippen molar-refractivity contribution >= 4 is 29.2 Å². The van der Waals surface area contributed by atoms with Crippen LogP contribution in [0.25, 0.3) is 0 Å². The average Bonchev–Trinajstić information content (AvgIpc) is 2.61. The van der Waals surface area contributed by atoms with E-state index in [0.717, 1.165) is 6.07 Å². The lowest BCUT2D eigenvalue weighted by molar-refractivity contribution is -0.208. The molecule has 1 aliphatic heterocycles. The molecule has 1 amide bonds. The van der Waals surface area contributed by atoms with Crippen molar-refractivity contribution < 1.29 is 27.1 Å². The SMILES string of the molecule is Cc1nc(Cl)cnc1C(=O)Nc1ccc(F)c([C@@]2(C)C[C@H](C(F)(F)F)OC(N)=N2)c1. The molecule has 2 atom stereocenters. The number of nitrogens with two attached hydrogens (primary N) is 1. The number of benzene rings is 1. The highest BCUT2D eigenvalue weighted by Gasteiger charge is 2.50. The van der Waals surface area contributed by atoms with Crippen LogP contribution in [0.2, 0.25) is 5.15 Å². The molecule has 0 fully saturated rings. The molecule has 1 aliphatic rings. The summed E-state index contributed by atoms with van der Waals surface area (Å²) in [4.78, 5) is 24.2. The summed E-state index contributed by atoms with van der Waals surface area (Å²) in [5, 5.41) is 2.62. The van der Waals surface area contributed by atoms with Gasteiger partial charge in [0.2, 0.25) is 0 Å². The van der Waals surface area contributed by atoms with E-state index in [1.54, 1.807) is 0 Å². The Kier molecular flexibility index (Phi) is 5.59. The molecule has 1 aromatic heterocycles. The summed E-state index contributed by atoms with van der Waals surface area (Å²) >= 11 is 5.72. The van der Waals surface area contributed by atoms with Crippen LogP contribution in [0.5, 0.6) is 0 Å². The lowest BCUT2D eigenvalue weighted by atomic mass is 9.85. The summed E-state index contributed by atoms with van der Waals surface area (Å²) < 4.78 is 58.6. The zero-order valence-corrected chi connectivity index (χ0v) is 16.5. The van der Waals surface area contributed by atoms with Crippen molar-refractivity contribution in [3.8, 4) is 0 Å². The Bertz CT molecular complexity index is 1030. The minimum Gasteiger partial charge on any atom is -0.452 e. The van der Waals surface area contributed by atoms with Crippen molar-refractivity contribution in [3.05, 3.63) is 52.3 Å². The fourth-order valence-electron chi connectivity index (χ4n) is 3.10. The first kappa shape index (κ1) is 21.8. The average molecular weight is 446 g/mol. The van der Waals surface area contributed by atoms with Crippen molar-refractivity contribution in [1.82, 2.24) is 9.97 Å². The number of nitrogens with zero attached hydrogens (tertiary/aromatic N) is 3. The van der Waals surface area contributed by atoms with Crippen molar-refractivity contribution in [2.75, 3.05) is 5.32 Å². The molecule has 3 N–H and O–H groups in total. The maximum atomic E-state index is 14.5. The third-order valence-electron chi connectivity index (χ3n) is 4.50. The number of carbonyl (C=O) groups excluding carboxylic acids is 1. The summed E-state index contributed by atoms with van der Waals surface area (Å²) in [6.45, 7) is 2.83. The maximum Gasteiger partial charge on any atom is 0.425 e. The number of hydrogen-bond donors (Lipinski definition) is 2. The van der Waals surface area contributed by atoms with Gasteiger partial charge in [0.05, 0.1) is 17.4 Å². The van der Waals surface area contributed by atoms with E-state index in [9.17, 15) is 22.4 Å². The van der Waals surface area contributed by atoms with E-state index in [0.29, 0.717) is 0 Å². The van der Waals surface area contributed by atoms with Crippen molar-refractivity contribution in [2.45, 2.75) is 38.1 Å². The molecule has 7 nitrogen and oxygen atoms in total. The van der Waals surface area contributed by atoms with Gasteiger partial charge >= 0.3 is 6.18 Å². The van der Waals surface area contributed by atoms with E-state index >= 15 is 0 Å². The van der Waals surface area contributed by atoms with Crippen molar-refractivity contribution in [3.63, 3.8) is 0 Å². The standard InChI is InChI=1S/C18H16ClF4N5O2/c1-8-14(25-7-13(19)26-8)15(29)27-9-3-4-11(20)10(5-9)17(2)6-12(18(21,22)23)30-16(24)28-17/h3-5,7,12H,6H2,1-2H3,(H2,24,28)(H,27,29)/t12-,17-/m1/s1. The molecule has 160 valence electrons. The van der Waals surface area contributed by atoms with Crippen LogP contribution in [0.1, 0.15) is 35.1 Å². The molecule has 0 aliphatic carbocycles. The monoisotopic (exact) mass is 445 g/mol. The lowest BCUT2D eigenvalue weighted by Crippen LogP contribution is -2.46. The third-order valence-corrected chi connectivity index (χ3v) is 4.69. The Hall–Kier alpha value is -2.95. The van der Waals surface area contributed by atoms with E-state index in [2.05, 4.69) is 25.0 Å². The van der Waals surface area contributed by atoms with E-state index in [-0.39, 0.29) is 27.8 Å². The Morgan fingerprint density at radius 3 is 2.73 bits per heavy atom. The summed E-state index contributed by atoms with van der Waals surface area (Å²) in [6.07, 6.45) is -6.45. The van der Waals surface area contributed by atoms with Crippen LogP contribution >= 0.6 is 11.6 Å². The molecular weight excluding hydrogens is 430 g/mol. The Morgan fingerprint density at radius 2 is 2.10 bits per heavy atom. The first-order valence-corrected chi connectivity index (χ1v) is 8.96. The highest BCUT2D eigenvalue weighted by molar-refractivity contribution is 6.29. The molecule has 0 saturated carbocycles. The molecule has 2 aromatic rings. The molecule has 0 bridgehead atoms. The van der Waals surface area contributed by atoms with E-state index < -0.39 is 42.0 Å². The summed E-state index contributed by atoms with van der Waals surface area (Å²) in [7, 11) is 0. The molecule has 2 heterocycles. The number of amides is 1. The van der Waals surface area contributed by atoms with Crippen LogP contribution in [0.4, 0.5) is 23.2 Å². The van der Waals surface area contributed by atoms with Gasteiger partial charge in [0.1, 0.15) is 16.7 Å². The number of hydrogen-bond acceptors (Lipinski definition) is 6. The van der Waals surface area contributed by atoms with E-state index in [1.165, 1.54) is 32.2 Å². The lowest BCUT2D eigenvalue weighted by Gasteiger charge is -2.36. The van der Waals surface area contributed by atoms with Crippen LogP contribution in [0.15, 0.2) is 29.4 Å². The Balaban J connectivity index is 1.93. The largest absolute Gasteiger partial charge is 0.452 e. The smallest absolute Gasteiger partial charge is 0.425 e. The first-order chi connectivity index (χ1) is 13.9. The van der Waals surface area contributed by atoms with Gasteiger partial charge in [0.15, 0.2) is 6.10 Å². The van der Waals surface area contributed by atoms with Crippen LogP contribution in [0, 0.1) is 12.7 Å². The number of nitrogens with one attached hydrogen (secondary N) is 1. The number of halogens is 5. The second kappa shape index (κ2) is 7.71. The van der Waals surface area contributed by atoms with Gasteiger partial charge in [-0.25, -0.2) is 19.4 Å². The number of amidine groups is 1. The molecule has 0 unspecified atom stereocenters. The van der Waals surface area contributed by atoms with Gasteiger partial charge in [0.25, 0.3) is 11.9 Å². The first-order valence-electron chi connectivity index (χ1n) is 8.58. The van der Waals surface area contributed by atoms with Gasteiger partial charge < -0.3 is 15.8 Å². The summed E-state index contributed by atoms with van der Waals surface area (Å²) in [6, 6.07) is 2.76. The van der Waals surface area contributed by atoms with Crippen LogP contribution < -0.4 is 11.1 Å². The van der Waals surface area contributed by atoms with Crippen LogP contribution in [-0.4, -0.2) is 34.2 Å². The normalized spacial score (nSPS) is 21.6. The molecule has 3 rings (SSSR count). The van der Waals surface area contributed by atoms with E-state index in [1.807, 2.05) is 0 Å². The fraction of sp³-hybridized carbons (Fsp3) is 0.333. The van der Waals surface area contributed by atoms with Crippen molar-refractivity contribution in [1.29, 1.82) is 0 Å². The molecule has 0 spiro atoms. The highest BCUT2D eigenvalue weighted by atomic mass is 35.5. The zero-order chi connectivity index (χ0) is 22.3. The van der Waals surface area contributed by atoms with Gasteiger partial charge in [-0.3, -0.25) is 4.79 Å². The second-order valence-electron chi connectivity index (χ2n) is 6.85. The number of aromatic nitrogens is 2. The number of ether oxygens (including phenoxy) is 1. The molecular formula is C18H16ClF4N5O2. The van der Waals surface area contributed by atoms with Gasteiger partial charge in [0, 0.05) is 17.7 Å². The summed E-state index contributed by atoms with van der Waals surface area (Å²) in [5.41, 5.74) is 3.95. The third kappa shape index (κ3) is 4.45. The van der Waals surface area contributed by atoms with Gasteiger partial charge in [-0.15, -0.1) is 0 Å². The topological polar surface area (TPSA) is 102 Å². The number of aryl methyl sites for hydroxylation is 1. The second-order valence-corrected chi connectivity index (χ2v) is 7.24. The Labute approximate surface area is 173 Å². The Morgan fingerprint density at radius 1 is 1.40 bits per heavy atom. The maximum absolute atomic E-state index is 14.5. The predicted octanol–water partition coefficient (Wildman–Crippen LogP) is 3.71. The van der Waals surface area contributed by atoms with Crippen molar-refractivity contribution in [2.24, 2.45) is 10.7 Å². The quantitative estimate of drug-likeness (QED) is 0.701. The molecule has 1 aromatic carbocycles. The fourth-order valence-corrected chi connectivity index (χ4v) is 3.27. The number of carbonyl (C=O) groups is 1. The van der Waals surface area contributed by atoms with Crippen LogP contribution in [0.3, 0.4) is 0 Å². The number of rotatable bonds is 3. The number of aliphatic imine (C=N–C) groups is 1. The van der Waals surface area contributed by atoms with Crippen LogP contribution in [-0.2, 0) is 10.3 Å². The van der Waals surface area contributed by atoms with Gasteiger partial charge in [-0.2, -0.15) is 13.2 Å². The molecule has 0 saturated heterocycles.